The maximum absolute atomic E-state index is 11.9. The van der Waals surface area contributed by atoms with Crippen LogP contribution < -0.4 is 10.2 Å². The number of aromatic nitrogens is 1. The van der Waals surface area contributed by atoms with Crippen LogP contribution in [0.2, 0.25) is 0 Å². The molecule has 1 fully saturated rings. The lowest BCUT2D eigenvalue weighted by Crippen LogP contribution is -2.34. The Morgan fingerprint density at radius 2 is 2.24 bits per heavy atom. The summed E-state index contributed by atoms with van der Waals surface area (Å²) in [5, 5.41) is 5.51. The molecule has 2 aromatic rings. The van der Waals surface area contributed by atoms with Gasteiger partial charge in [-0.05, 0) is 29.6 Å². The first-order chi connectivity index (χ1) is 10.2. The smallest absolute Gasteiger partial charge is 0.415 e. The fraction of sp³-hybridized carbons (Fsp3) is 0.214. The quantitative estimate of drug-likeness (QED) is 0.936. The molecule has 1 aliphatic heterocycles. The van der Waals surface area contributed by atoms with E-state index >= 15 is 0 Å². The lowest BCUT2D eigenvalue weighted by molar-refractivity contribution is 0.0916. The van der Waals surface area contributed by atoms with Crippen LogP contribution in [-0.2, 0) is 4.74 Å². The highest BCUT2D eigenvalue weighted by atomic mass is 32.1. The number of hydrogen-bond donors (Lipinski definition) is 1. The Bertz CT molecular complexity index is 630. The minimum atomic E-state index is -0.374. The molecule has 1 atom stereocenters. The molecule has 2 aromatic heterocycles. The molecule has 1 unspecified atom stereocenters. The van der Waals surface area contributed by atoms with Crippen molar-refractivity contribution >= 4 is 28.3 Å². The van der Waals surface area contributed by atoms with Gasteiger partial charge in [0.1, 0.15) is 11.1 Å². The first-order valence-corrected chi connectivity index (χ1v) is 7.32. The van der Waals surface area contributed by atoms with Crippen LogP contribution in [0.3, 0.4) is 0 Å². The zero-order chi connectivity index (χ0) is 14.7. The van der Waals surface area contributed by atoms with Crippen molar-refractivity contribution in [3.8, 4) is 0 Å². The van der Waals surface area contributed by atoms with Gasteiger partial charge >= 0.3 is 6.09 Å². The van der Waals surface area contributed by atoms with Crippen molar-refractivity contribution in [1.29, 1.82) is 0 Å². The highest BCUT2D eigenvalue weighted by Gasteiger charge is 2.32. The Hall–Kier alpha value is -2.41. The minimum absolute atomic E-state index is 0.206. The Morgan fingerprint density at radius 3 is 2.95 bits per heavy atom. The molecule has 0 radical (unpaired) electrons. The Morgan fingerprint density at radius 1 is 1.43 bits per heavy atom. The molecule has 1 N–H and O–H groups in total. The summed E-state index contributed by atoms with van der Waals surface area (Å²) in [5.41, 5.74) is 0.532. The molecule has 0 aromatic carbocycles. The first kappa shape index (κ1) is 13.6. The van der Waals surface area contributed by atoms with Crippen molar-refractivity contribution in [2.75, 3.05) is 18.0 Å². The summed E-state index contributed by atoms with van der Waals surface area (Å²) in [6.07, 6.45) is 2.40. The van der Waals surface area contributed by atoms with Crippen LogP contribution in [0.25, 0.3) is 0 Å². The fourth-order valence-corrected chi connectivity index (χ4v) is 2.77. The van der Waals surface area contributed by atoms with Crippen molar-refractivity contribution in [2.24, 2.45) is 0 Å². The first-order valence-electron chi connectivity index (χ1n) is 6.44. The zero-order valence-electron chi connectivity index (χ0n) is 11.1. The summed E-state index contributed by atoms with van der Waals surface area (Å²) < 4.78 is 5.25. The van der Waals surface area contributed by atoms with E-state index in [1.165, 1.54) is 11.3 Å². The number of thiophene rings is 1. The Kier molecular flexibility index (Phi) is 3.83. The van der Waals surface area contributed by atoms with Gasteiger partial charge in [0.15, 0.2) is 0 Å². The molecule has 2 amide bonds. The lowest BCUT2D eigenvalue weighted by Gasteiger charge is -2.10. The van der Waals surface area contributed by atoms with E-state index in [2.05, 4.69) is 10.3 Å². The summed E-state index contributed by atoms with van der Waals surface area (Å²) in [5.74, 6) is -0.206. The van der Waals surface area contributed by atoms with Gasteiger partial charge in [-0.1, -0.05) is 0 Å². The molecule has 0 spiro atoms. The second-order valence-corrected chi connectivity index (χ2v) is 5.44. The zero-order valence-corrected chi connectivity index (χ0v) is 11.9. The molecule has 21 heavy (non-hydrogen) atoms. The molecular weight excluding hydrogens is 290 g/mol. The topological polar surface area (TPSA) is 71.5 Å². The van der Waals surface area contributed by atoms with Gasteiger partial charge in [-0.25, -0.2) is 4.79 Å². The van der Waals surface area contributed by atoms with Crippen LogP contribution in [0.15, 0.2) is 42.0 Å². The molecular formula is C14H13N3O3S. The molecule has 6 nitrogen and oxygen atoms in total. The van der Waals surface area contributed by atoms with Gasteiger partial charge in [-0.3, -0.25) is 14.7 Å². The number of carbonyl (C=O) groups is 2. The summed E-state index contributed by atoms with van der Waals surface area (Å²) in [4.78, 5) is 29.1. The third-order valence-electron chi connectivity index (χ3n) is 3.08. The highest BCUT2D eigenvalue weighted by molar-refractivity contribution is 7.14. The van der Waals surface area contributed by atoms with E-state index in [0.29, 0.717) is 12.1 Å². The fourth-order valence-electron chi connectivity index (χ4n) is 2.04. The molecule has 3 heterocycles. The number of carbonyl (C=O) groups excluding carboxylic acids is 2. The predicted octanol–water partition coefficient (Wildman–Crippen LogP) is 1.90. The molecule has 1 aliphatic rings. The number of rotatable bonds is 4. The number of ether oxygens (including phenoxy) is 1. The standard InChI is InChI=1S/C14H13N3O3S/c18-13(10-3-5-15-6-4-10)16-8-11-9-17(14(19)20-11)12-2-1-7-21-12/h1-7,11H,8-9H2,(H,16,18). The van der Waals surface area contributed by atoms with E-state index in [1.54, 1.807) is 29.4 Å². The van der Waals surface area contributed by atoms with E-state index in [9.17, 15) is 9.59 Å². The lowest BCUT2D eigenvalue weighted by atomic mass is 10.2. The average Bonchev–Trinajstić information content (AvgIpc) is 3.15. The van der Waals surface area contributed by atoms with E-state index in [4.69, 9.17) is 4.74 Å². The number of nitrogens with zero attached hydrogens (tertiary/aromatic N) is 2. The number of cyclic esters (lactones) is 1. The normalized spacial score (nSPS) is 17.6. The van der Waals surface area contributed by atoms with Crippen LogP contribution in [0.4, 0.5) is 9.80 Å². The van der Waals surface area contributed by atoms with Gasteiger partial charge in [-0.2, -0.15) is 0 Å². The second-order valence-electron chi connectivity index (χ2n) is 4.51. The molecule has 108 valence electrons. The number of nitrogens with one attached hydrogen (secondary N) is 1. The van der Waals surface area contributed by atoms with Crippen LogP contribution in [0.5, 0.6) is 0 Å². The van der Waals surface area contributed by atoms with E-state index < -0.39 is 0 Å². The number of hydrogen-bond acceptors (Lipinski definition) is 5. The van der Waals surface area contributed by atoms with E-state index in [-0.39, 0.29) is 24.6 Å². The van der Waals surface area contributed by atoms with Crippen LogP contribution in [0, 0.1) is 0 Å². The number of pyridine rings is 1. The van der Waals surface area contributed by atoms with Crippen LogP contribution in [0.1, 0.15) is 10.4 Å². The molecule has 1 saturated heterocycles. The summed E-state index contributed by atoms with van der Waals surface area (Å²) in [6, 6.07) is 7.01. The summed E-state index contributed by atoms with van der Waals surface area (Å²) in [6.45, 7) is 0.727. The highest BCUT2D eigenvalue weighted by Crippen LogP contribution is 2.26. The maximum atomic E-state index is 11.9. The van der Waals surface area contributed by atoms with Crippen molar-refractivity contribution < 1.29 is 14.3 Å². The monoisotopic (exact) mass is 303 g/mol. The Labute approximate surface area is 125 Å². The van der Waals surface area contributed by atoms with E-state index in [0.717, 1.165) is 5.00 Å². The van der Waals surface area contributed by atoms with E-state index in [1.807, 2.05) is 17.5 Å². The van der Waals surface area contributed by atoms with Crippen LogP contribution >= 0.6 is 11.3 Å². The van der Waals surface area contributed by atoms with Crippen molar-refractivity contribution in [3.05, 3.63) is 47.6 Å². The van der Waals surface area contributed by atoms with Gasteiger partial charge < -0.3 is 10.1 Å². The molecule has 3 rings (SSSR count). The van der Waals surface area contributed by atoms with Gasteiger partial charge in [0.25, 0.3) is 5.91 Å². The minimum Gasteiger partial charge on any atom is -0.442 e. The van der Waals surface area contributed by atoms with Gasteiger partial charge in [-0.15, -0.1) is 11.3 Å². The largest absolute Gasteiger partial charge is 0.442 e. The molecule has 0 saturated carbocycles. The molecule has 7 heteroatoms. The maximum Gasteiger partial charge on any atom is 0.415 e. The Balaban J connectivity index is 1.55. The second kappa shape index (κ2) is 5.92. The van der Waals surface area contributed by atoms with Gasteiger partial charge in [0.05, 0.1) is 13.1 Å². The molecule has 0 aliphatic carbocycles. The van der Waals surface area contributed by atoms with Crippen molar-refractivity contribution in [1.82, 2.24) is 10.3 Å². The number of anilines is 1. The van der Waals surface area contributed by atoms with Gasteiger partial charge in [0, 0.05) is 18.0 Å². The molecule has 0 bridgehead atoms. The summed E-state index contributed by atoms with van der Waals surface area (Å²) in [7, 11) is 0. The summed E-state index contributed by atoms with van der Waals surface area (Å²) >= 11 is 1.48. The van der Waals surface area contributed by atoms with Crippen molar-refractivity contribution in [2.45, 2.75) is 6.10 Å². The van der Waals surface area contributed by atoms with Crippen molar-refractivity contribution in [3.63, 3.8) is 0 Å². The SMILES string of the molecule is O=C(NCC1CN(c2cccs2)C(=O)O1)c1ccncc1. The number of amides is 2. The third kappa shape index (κ3) is 3.03. The average molecular weight is 303 g/mol. The third-order valence-corrected chi connectivity index (χ3v) is 3.97. The van der Waals surface area contributed by atoms with Crippen LogP contribution in [-0.4, -0.2) is 36.2 Å². The predicted molar refractivity (Wildman–Crippen MR) is 78.5 cm³/mol. The van der Waals surface area contributed by atoms with Gasteiger partial charge in [0.2, 0.25) is 0 Å².